The predicted octanol–water partition coefficient (Wildman–Crippen LogP) is 0.799. The van der Waals surface area contributed by atoms with Crippen LogP contribution in [0.25, 0.3) is 17.2 Å². The quantitative estimate of drug-likeness (QED) is 0.341. The number of aromatic nitrogens is 4. The Hall–Kier alpha value is -3.76. The molecule has 0 aliphatic heterocycles. The van der Waals surface area contributed by atoms with E-state index in [0.29, 0.717) is 46.2 Å². The van der Waals surface area contributed by atoms with Crippen LogP contribution in [0.2, 0.25) is 0 Å². The molecule has 0 fully saturated rings. The van der Waals surface area contributed by atoms with E-state index in [1.165, 1.54) is 0 Å². The number of fused-ring (bicyclic) bond motifs is 1. The van der Waals surface area contributed by atoms with Crippen LogP contribution < -0.4 is 16.5 Å². The number of nitrogens with two attached hydrogens (primary N) is 1. The zero-order chi connectivity index (χ0) is 22.1. The summed E-state index contributed by atoms with van der Waals surface area (Å²) in [6, 6.07) is 12.2. The number of nitrogens with zero attached hydrogens (tertiary/aromatic N) is 4. The summed E-state index contributed by atoms with van der Waals surface area (Å²) < 4.78 is 1.76. The number of amides is 1. The number of benzene rings is 1. The highest BCUT2D eigenvalue weighted by Gasteiger charge is 2.18. The lowest BCUT2D eigenvalue weighted by Crippen LogP contribution is -2.30. The fraction of sp³-hybridized carbons (Fsp3) is 0.143. The van der Waals surface area contributed by atoms with Crippen molar-refractivity contribution in [3.8, 4) is 11.5 Å². The molecule has 10 heteroatoms. The smallest absolute Gasteiger partial charge is 0.423 e. The largest absolute Gasteiger partial charge is 0.488 e. The van der Waals surface area contributed by atoms with Crippen molar-refractivity contribution in [2.24, 2.45) is 5.73 Å². The first-order valence-electron chi connectivity index (χ1n) is 9.66. The van der Waals surface area contributed by atoms with Crippen LogP contribution >= 0.6 is 0 Å². The van der Waals surface area contributed by atoms with Gasteiger partial charge in [0.15, 0.2) is 5.82 Å². The van der Waals surface area contributed by atoms with E-state index >= 15 is 0 Å². The molecule has 1 amide bonds. The maximum Gasteiger partial charge on any atom is 0.488 e. The monoisotopic (exact) mass is 416 g/mol. The van der Waals surface area contributed by atoms with Gasteiger partial charge in [-0.05, 0) is 37.0 Å². The summed E-state index contributed by atoms with van der Waals surface area (Å²) in [6.45, 7) is 4.14. The highest BCUT2D eigenvalue weighted by molar-refractivity contribution is 6.58. The van der Waals surface area contributed by atoms with Crippen molar-refractivity contribution in [3.05, 3.63) is 71.2 Å². The Kier molecular flexibility index (Phi) is 5.41. The minimum Gasteiger partial charge on any atom is -0.423 e. The standard InChI is InChI=1S/C21H21BN6O3/c1-12-9-17(24-11-14-5-3-6-15(10-14)22(30)31)27-20(25-12)18-13(2)26-21-16(19(23)29)7-4-8-28(18)21/h3-10,30-31H,11H2,1-2H3,(H2,23,29)(H,24,25,27). The number of imidazole rings is 1. The van der Waals surface area contributed by atoms with E-state index in [4.69, 9.17) is 5.73 Å². The van der Waals surface area contributed by atoms with Gasteiger partial charge in [-0.2, -0.15) is 0 Å². The third-order valence-corrected chi connectivity index (χ3v) is 4.88. The van der Waals surface area contributed by atoms with Crippen molar-refractivity contribution >= 4 is 30.0 Å². The number of hydrogen-bond donors (Lipinski definition) is 4. The summed E-state index contributed by atoms with van der Waals surface area (Å²) in [4.78, 5) is 25.5. The number of pyridine rings is 1. The molecular weight excluding hydrogens is 395 g/mol. The van der Waals surface area contributed by atoms with Gasteiger partial charge in [-0.15, -0.1) is 0 Å². The molecular formula is C21H21BN6O3. The minimum atomic E-state index is -1.52. The summed E-state index contributed by atoms with van der Waals surface area (Å²) in [6.07, 6.45) is 1.79. The lowest BCUT2D eigenvalue weighted by atomic mass is 9.80. The molecule has 3 heterocycles. The van der Waals surface area contributed by atoms with E-state index in [-0.39, 0.29) is 0 Å². The van der Waals surface area contributed by atoms with Crippen LogP contribution in [0, 0.1) is 13.8 Å². The van der Waals surface area contributed by atoms with Crippen molar-refractivity contribution in [1.29, 1.82) is 0 Å². The van der Waals surface area contributed by atoms with Gasteiger partial charge >= 0.3 is 7.12 Å². The van der Waals surface area contributed by atoms with Crippen molar-refractivity contribution in [2.45, 2.75) is 20.4 Å². The number of primary amides is 1. The lowest BCUT2D eigenvalue weighted by Gasteiger charge is -2.10. The van der Waals surface area contributed by atoms with Gasteiger partial charge in [0.2, 0.25) is 0 Å². The van der Waals surface area contributed by atoms with Gasteiger partial charge in [-0.3, -0.25) is 9.20 Å². The van der Waals surface area contributed by atoms with Crippen LogP contribution in [-0.4, -0.2) is 42.4 Å². The number of rotatable bonds is 6. The van der Waals surface area contributed by atoms with Crippen molar-refractivity contribution in [3.63, 3.8) is 0 Å². The number of anilines is 1. The summed E-state index contributed by atoms with van der Waals surface area (Å²) in [5, 5.41) is 22.0. The summed E-state index contributed by atoms with van der Waals surface area (Å²) in [7, 11) is -1.52. The Bertz CT molecular complexity index is 1290. The molecule has 0 aliphatic carbocycles. The topological polar surface area (TPSA) is 139 Å². The molecule has 0 aliphatic rings. The average Bonchev–Trinajstić information content (AvgIpc) is 3.07. The second-order valence-corrected chi connectivity index (χ2v) is 7.22. The fourth-order valence-corrected chi connectivity index (χ4v) is 3.46. The third-order valence-electron chi connectivity index (χ3n) is 4.88. The Morgan fingerprint density at radius 2 is 1.94 bits per heavy atom. The number of carbonyl (C=O) groups is 1. The van der Waals surface area contributed by atoms with E-state index in [9.17, 15) is 14.8 Å². The van der Waals surface area contributed by atoms with Gasteiger partial charge in [-0.1, -0.05) is 24.3 Å². The van der Waals surface area contributed by atoms with Crippen molar-refractivity contribution in [1.82, 2.24) is 19.4 Å². The molecule has 0 saturated heterocycles. The molecule has 3 aromatic heterocycles. The molecule has 0 atom stereocenters. The lowest BCUT2D eigenvalue weighted by molar-refractivity contribution is 0.100. The van der Waals surface area contributed by atoms with Gasteiger partial charge in [-0.25, -0.2) is 15.0 Å². The Morgan fingerprint density at radius 3 is 2.68 bits per heavy atom. The minimum absolute atomic E-state index is 0.328. The van der Waals surface area contributed by atoms with Gasteiger partial charge in [0, 0.05) is 24.5 Å². The van der Waals surface area contributed by atoms with Crippen LogP contribution in [0.4, 0.5) is 5.82 Å². The third kappa shape index (κ3) is 4.11. The highest BCUT2D eigenvalue weighted by atomic mass is 16.4. The molecule has 1 aromatic carbocycles. The summed E-state index contributed by atoms with van der Waals surface area (Å²) in [5.41, 5.74) is 9.68. The molecule has 4 aromatic rings. The molecule has 0 radical (unpaired) electrons. The number of aryl methyl sites for hydroxylation is 2. The van der Waals surface area contributed by atoms with E-state index in [1.54, 1.807) is 40.9 Å². The second-order valence-electron chi connectivity index (χ2n) is 7.22. The first-order chi connectivity index (χ1) is 14.8. The maximum absolute atomic E-state index is 11.8. The van der Waals surface area contributed by atoms with E-state index < -0.39 is 13.0 Å². The maximum atomic E-state index is 11.8. The van der Waals surface area contributed by atoms with Crippen LogP contribution in [0.15, 0.2) is 48.7 Å². The molecule has 0 spiro atoms. The molecule has 0 saturated carbocycles. The van der Waals surface area contributed by atoms with Crippen LogP contribution in [0.5, 0.6) is 0 Å². The Balaban J connectivity index is 1.69. The zero-order valence-corrected chi connectivity index (χ0v) is 17.1. The predicted molar refractivity (Wildman–Crippen MR) is 118 cm³/mol. The Labute approximate surface area is 178 Å². The highest BCUT2D eigenvalue weighted by Crippen LogP contribution is 2.25. The number of hydrogen-bond acceptors (Lipinski definition) is 7. The molecule has 9 nitrogen and oxygen atoms in total. The second kappa shape index (κ2) is 8.17. The van der Waals surface area contributed by atoms with Gasteiger partial charge in [0.1, 0.15) is 17.2 Å². The molecule has 4 rings (SSSR count). The summed E-state index contributed by atoms with van der Waals surface area (Å²) >= 11 is 0. The molecule has 5 N–H and O–H groups in total. The fourth-order valence-electron chi connectivity index (χ4n) is 3.46. The first-order valence-corrected chi connectivity index (χ1v) is 9.66. The van der Waals surface area contributed by atoms with Gasteiger partial charge < -0.3 is 21.1 Å². The van der Waals surface area contributed by atoms with E-state index in [0.717, 1.165) is 11.3 Å². The average molecular weight is 416 g/mol. The van der Waals surface area contributed by atoms with Crippen LogP contribution in [0.1, 0.15) is 27.3 Å². The normalized spacial score (nSPS) is 11.0. The summed E-state index contributed by atoms with van der Waals surface area (Å²) in [5.74, 6) is 0.524. The molecule has 31 heavy (non-hydrogen) atoms. The van der Waals surface area contributed by atoms with Gasteiger partial charge in [0.05, 0.1) is 11.3 Å². The molecule has 0 unspecified atom stereocenters. The number of nitrogens with one attached hydrogen (secondary N) is 1. The van der Waals surface area contributed by atoms with Gasteiger partial charge in [0.25, 0.3) is 5.91 Å². The van der Waals surface area contributed by atoms with Crippen LogP contribution in [0.3, 0.4) is 0 Å². The van der Waals surface area contributed by atoms with E-state index in [1.807, 2.05) is 26.0 Å². The van der Waals surface area contributed by atoms with Crippen LogP contribution in [-0.2, 0) is 6.54 Å². The molecule has 0 bridgehead atoms. The van der Waals surface area contributed by atoms with Crippen molar-refractivity contribution in [2.75, 3.05) is 5.32 Å². The molecule has 156 valence electrons. The first kappa shape index (κ1) is 20.5. The number of carbonyl (C=O) groups excluding carboxylic acids is 1. The van der Waals surface area contributed by atoms with E-state index in [2.05, 4.69) is 20.3 Å². The zero-order valence-electron chi connectivity index (χ0n) is 17.1. The van der Waals surface area contributed by atoms with Crippen molar-refractivity contribution < 1.29 is 14.8 Å². The SMILES string of the molecule is Cc1cc(NCc2cccc(B(O)O)c2)nc(-c2c(C)nc3c(C(N)=O)cccn23)n1. The Morgan fingerprint density at radius 1 is 1.13 bits per heavy atom.